The van der Waals surface area contributed by atoms with Gasteiger partial charge in [0.25, 0.3) is 0 Å². The molecule has 2 rings (SSSR count). The highest BCUT2D eigenvalue weighted by atomic mass is 35.5. The molecule has 0 saturated heterocycles. The Balaban J connectivity index is 1.93. The van der Waals surface area contributed by atoms with Crippen LogP contribution in [0.1, 0.15) is 24.1 Å². The van der Waals surface area contributed by atoms with Crippen LogP contribution in [-0.4, -0.2) is 13.0 Å². The maximum atomic E-state index is 11.9. The van der Waals surface area contributed by atoms with Crippen LogP contribution in [0.3, 0.4) is 0 Å². The Morgan fingerprint density at radius 3 is 2.36 bits per heavy atom. The van der Waals surface area contributed by atoms with Crippen molar-refractivity contribution < 1.29 is 9.53 Å². The number of hydrogen-bond acceptors (Lipinski definition) is 2. The zero-order chi connectivity index (χ0) is 15.9. The van der Waals surface area contributed by atoms with Gasteiger partial charge in [0, 0.05) is 11.1 Å². The average Bonchev–Trinajstić information content (AvgIpc) is 2.54. The summed E-state index contributed by atoms with van der Waals surface area (Å²) in [5, 5.41) is 3.60. The summed E-state index contributed by atoms with van der Waals surface area (Å²) in [4.78, 5) is 11.9. The largest absolute Gasteiger partial charge is 0.497 e. The summed E-state index contributed by atoms with van der Waals surface area (Å²) < 4.78 is 5.09. The first kappa shape index (κ1) is 16.1. The first-order valence-electron chi connectivity index (χ1n) is 6.96. The van der Waals surface area contributed by atoms with E-state index < -0.39 is 0 Å². The molecule has 0 bridgehead atoms. The van der Waals surface area contributed by atoms with Crippen LogP contribution in [0.4, 0.5) is 0 Å². The van der Waals surface area contributed by atoms with E-state index in [2.05, 4.69) is 5.32 Å². The predicted molar refractivity (Wildman–Crippen MR) is 90.0 cm³/mol. The van der Waals surface area contributed by atoms with E-state index in [-0.39, 0.29) is 11.9 Å². The van der Waals surface area contributed by atoms with Gasteiger partial charge in [0.1, 0.15) is 5.75 Å². The van der Waals surface area contributed by atoms with Crippen LogP contribution in [0.25, 0.3) is 6.08 Å². The summed E-state index contributed by atoms with van der Waals surface area (Å²) >= 11 is 5.85. The van der Waals surface area contributed by atoms with Crippen LogP contribution in [0.2, 0.25) is 5.02 Å². The molecule has 0 aromatic heterocycles. The third-order valence-corrected chi connectivity index (χ3v) is 3.52. The number of carbonyl (C=O) groups excluding carboxylic acids is 1. The molecule has 1 amide bonds. The lowest BCUT2D eigenvalue weighted by molar-refractivity contribution is -0.117. The Kier molecular flexibility index (Phi) is 5.61. The quantitative estimate of drug-likeness (QED) is 0.838. The molecule has 0 aliphatic carbocycles. The molecule has 4 heteroatoms. The van der Waals surface area contributed by atoms with Gasteiger partial charge in [-0.1, -0.05) is 35.9 Å². The number of benzene rings is 2. The third kappa shape index (κ3) is 4.64. The van der Waals surface area contributed by atoms with Crippen molar-refractivity contribution in [2.45, 2.75) is 13.0 Å². The normalized spacial score (nSPS) is 12.1. The Bertz CT molecular complexity index is 648. The second-order valence-corrected chi connectivity index (χ2v) is 5.32. The van der Waals surface area contributed by atoms with Gasteiger partial charge in [0.2, 0.25) is 5.91 Å². The van der Waals surface area contributed by atoms with Gasteiger partial charge < -0.3 is 10.1 Å². The lowest BCUT2D eigenvalue weighted by Crippen LogP contribution is -2.24. The molecule has 0 heterocycles. The van der Waals surface area contributed by atoms with Gasteiger partial charge in [-0.3, -0.25) is 4.79 Å². The smallest absolute Gasteiger partial charge is 0.244 e. The summed E-state index contributed by atoms with van der Waals surface area (Å²) in [6.07, 6.45) is 3.29. The van der Waals surface area contributed by atoms with Crippen molar-refractivity contribution in [3.8, 4) is 5.75 Å². The summed E-state index contributed by atoms with van der Waals surface area (Å²) in [5.41, 5.74) is 1.95. The Morgan fingerprint density at radius 1 is 1.14 bits per heavy atom. The highest BCUT2D eigenvalue weighted by Crippen LogP contribution is 2.16. The SMILES string of the molecule is COc1ccc(/C=C/C(=O)NC(C)c2ccc(Cl)cc2)cc1. The summed E-state index contributed by atoms with van der Waals surface area (Å²) in [5.74, 6) is 0.649. The number of methoxy groups -OCH3 is 1. The fourth-order valence-electron chi connectivity index (χ4n) is 1.98. The standard InChI is InChI=1S/C18H18ClNO2/c1-13(15-6-8-16(19)9-7-15)20-18(21)12-5-14-3-10-17(22-2)11-4-14/h3-13H,1-2H3,(H,20,21)/b12-5+. The molecular weight excluding hydrogens is 298 g/mol. The molecule has 0 saturated carbocycles. The van der Waals surface area contributed by atoms with E-state index in [0.717, 1.165) is 16.9 Å². The van der Waals surface area contributed by atoms with Gasteiger partial charge in [-0.25, -0.2) is 0 Å². The molecule has 114 valence electrons. The number of halogens is 1. The van der Waals surface area contributed by atoms with E-state index in [0.29, 0.717) is 5.02 Å². The maximum Gasteiger partial charge on any atom is 0.244 e. The molecule has 22 heavy (non-hydrogen) atoms. The highest BCUT2D eigenvalue weighted by molar-refractivity contribution is 6.30. The van der Waals surface area contributed by atoms with Gasteiger partial charge >= 0.3 is 0 Å². The fourth-order valence-corrected chi connectivity index (χ4v) is 2.11. The van der Waals surface area contributed by atoms with Gasteiger partial charge in [0.15, 0.2) is 0 Å². The maximum absolute atomic E-state index is 11.9. The molecule has 1 N–H and O–H groups in total. The number of ether oxygens (including phenoxy) is 1. The van der Waals surface area contributed by atoms with Crippen molar-refractivity contribution in [1.82, 2.24) is 5.32 Å². The number of amides is 1. The van der Waals surface area contributed by atoms with Crippen molar-refractivity contribution >= 4 is 23.6 Å². The molecule has 0 fully saturated rings. The Hall–Kier alpha value is -2.26. The summed E-state index contributed by atoms with van der Waals surface area (Å²) in [7, 11) is 1.62. The predicted octanol–water partition coefficient (Wildman–Crippen LogP) is 4.24. The number of carbonyl (C=O) groups is 1. The van der Waals surface area contributed by atoms with Gasteiger partial charge in [-0.2, -0.15) is 0 Å². The van der Waals surface area contributed by atoms with Gasteiger partial charge in [-0.15, -0.1) is 0 Å². The molecule has 0 radical (unpaired) electrons. The highest BCUT2D eigenvalue weighted by Gasteiger charge is 2.07. The zero-order valence-electron chi connectivity index (χ0n) is 12.5. The number of nitrogens with one attached hydrogen (secondary N) is 1. The van der Waals surface area contributed by atoms with Crippen LogP contribution in [0.5, 0.6) is 5.75 Å². The fraction of sp³-hybridized carbons (Fsp3) is 0.167. The van der Waals surface area contributed by atoms with Crippen LogP contribution >= 0.6 is 11.6 Å². The topological polar surface area (TPSA) is 38.3 Å². The second kappa shape index (κ2) is 7.66. The molecular formula is C18H18ClNO2. The average molecular weight is 316 g/mol. The van der Waals surface area contributed by atoms with E-state index in [9.17, 15) is 4.79 Å². The minimum Gasteiger partial charge on any atom is -0.497 e. The van der Waals surface area contributed by atoms with E-state index in [1.54, 1.807) is 13.2 Å². The van der Waals surface area contributed by atoms with Crippen molar-refractivity contribution in [2.75, 3.05) is 7.11 Å². The molecule has 1 atom stereocenters. The number of hydrogen-bond donors (Lipinski definition) is 1. The molecule has 1 unspecified atom stereocenters. The lowest BCUT2D eigenvalue weighted by Gasteiger charge is -2.12. The molecule has 0 aliphatic rings. The first-order chi connectivity index (χ1) is 10.6. The molecule has 2 aromatic rings. The molecule has 3 nitrogen and oxygen atoms in total. The van der Waals surface area contributed by atoms with E-state index in [1.165, 1.54) is 6.08 Å². The first-order valence-corrected chi connectivity index (χ1v) is 7.34. The van der Waals surface area contributed by atoms with Gasteiger partial charge in [-0.05, 0) is 48.4 Å². The van der Waals surface area contributed by atoms with Crippen molar-refractivity contribution in [1.29, 1.82) is 0 Å². The van der Waals surface area contributed by atoms with Crippen LogP contribution in [0.15, 0.2) is 54.6 Å². The van der Waals surface area contributed by atoms with E-state index in [4.69, 9.17) is 16.3 Å². The van der Waals surface area contributed by atoms with Crippen LogP contribution in [0, 0.1) is 0 Å². The van der Waals surface area contributed by atoms with E-state index >= 15 is 0 Å². The molecule has 0 aliphatic heterocycles. The minimum absolute atomic E-state index is 0.0784. The molecule has 0 spiro atoms. The monoisotopic (exact) mass is 315 g/mol. The Labute approximate surface area is 135 Å². The van der Waals surface area contributed by atoms with Crippen molar-refractivity contribution in [2.24, 2.45) is 0 Å². The van der Waals surface area contributed by atoms with Gasteiger partial charge in [0.05, 0.1) is 13.2 Å². The summed E-state index contributed by atoms with van der Waals surface area (Å²) in [6.45, 7) is 1.93. The van der Waals surface area contributed by atoms with Crippen molar-refractivity contribution in [3.05, 3.63) is 70.8 Å². The number of rotatable bonds is 5. The van der Waals surface area contributed by atoms with E-state index in [1.807, 2.05) is 55.5 Å². The summed E-state index contributed by atoms with van der Waals surface area (Å²) in [6, 6.07) is 14.9. The third-order valence-electron chi connectivity index (χ3n) is 3.27. The minimum atomic E-state index is -0.140. The van der Waals surface area contributed by atoms with Crippen molar-refractivity contribution in [3.63, 3.8) is 0 Å². The van der Waals surface area contributed by atoms with Crippen LogP contribution in [-0.2, 0) is 4.79 Å². The zero-order valence-corrected chi connectivity index (χ0v) is 13.3. The lowest BCUT2D eigenvalue weighted by atomic mass is 10.1. The Morgan fingerprint density at radius 2 is 1.77 bits per heavy atom. The van der Waals surface area contributed by atoms with Crippen LogP contribution < -0.4 is 10.1 Å². The molecule has 2 aromatic carbocycles. The second-order valence-electron chi connectivity index (χ2n) is 4.89.